The van der Waals surface area contributed by atoms with Crippen molar-refractivity contribution in [3.63, 3.8) is 0 Å². The summed E-state index contributed by atoms with van der Waals surface area (Å²) in [5.74, 6) is 1.88. The van der Waals surface area contributed by atoms with Crippen LogP contribution < -0.4 is 20.7 Å². The lowest BCUT2D eigenvalue weighted by Crippen LogP contribution is -2.32. The van der Waals surface area contributed by atoms with E-state index >= 15 is 0 Å². The number of aromatic amines is 1. The number of fused-ring (bicyclic) bond motifs is 4. The first kappa shape index (κ1) is 17.0. The van der Waals surface area contributed by atoms with Crippen LogP contribution in [0.4, 0.5) is 0 Å². The minimum Gasteiger partial charge on any atom is -0.486 e. The molecule has 7 nitrogen and oxygen atoms in total. The fourth-order valence-corrected chi connectivity index (χ4v) is 4.16. The molecule has 1 unspecified atom stereocenters. The van der Waals surface area contributed by atoms with Crippen molar-refractivity contribution in [2.45, 2.75) is 32.7 Å². The summed E-state index contributed by atoms with van der Waals surface area (Å²) >= 11 is 0. The van der Waals surface area contributed by atoms with Crippen molar-refractivity contribution in [2.24, 2.45) is 5.92 Å². The molecule has 1 aliphatic heterocycles. The molecule has 5 rings (SSSR count). The molecule has 144 valence electrons. The average molecular weight is 379 g/mol. The Labute approximate surface area is 160 Å². The highest BCUT2D eigenvalue weighted by molar-refractivity contribution is 5.79. The van der Waals surface area contributed by atoms with Crippen molar-refractivity contribution in [1.29, 1.82) is 0 Å². The molecule has 0 fully saturated rings. The van der Waals surface area contributed by atoms with Crippen LogP contribution in [-0.2, 0) is 19.4 Å². The first-order valence-corrected chi connectivity index (χ1v) is 9.62. The van der Waals surface area contributed by atoms with Gasteiger partial charge in [-0.1, -0.05) is 13.0 Å². The molecular weight excluding hydrogens is 358 g/mol. The van der Waals surface area contributed by atoms with E-state index in [-0.39, 0.29) is 5.56 Å². The lowest BCUT2D eigenvalue weighted by molar-refractivity contribution is 0.171. The molecule has 28 heavy (non-hydrogen) atoms. The topological polar surface area (TPSA) is 86.2 Å². The Hall–Kier alpha value is -3.09. The van der Waals surface area contributed by atoms with E-state index in [1.807, 2.05) is 24.4 Å². The SMILES string of the molecule is CC1CCc2cnc3c(c2C1)c(=O)[nH]c(=O)n3Cc1ccc2c(c1)OCCO2. The van der Waals surface area contributed by atoms with Crippen LogP contribution >= 0.6 is 0 Å². The van der Waals surface area contributed by atoms with Crippen LogP contribution in [0, 0.1) is 5.92 Å². The summed E-state index contributed by atoms with van der Waals surface area (Å²) in [6.07, 6.45) is 4.66. The molecule has 7 heteroatoms. The van der Waals surface area contributed by atoms with Crippen molar-refractivity contribution in [2.75, 3.05) is 13.2 Å². The van der Waals surface area contributed by atoms with Gasteiger partial charge in [-0.3, -0.25) is 14.3 Å². The lowest BCUT2D eigenvalue weighted by atomic mass is 9.84. The summed E-state index contributed by atoms with van der Waals surface area (Å²) in [6.45, 7) is 3.52. The van der Waals surface area contributed by atoms with Gasteiger partial charge >= 0.3 is 5.69 Å². The normalized spacial score (nSPS) is 18.1. The summed E-state index contributed by atoms with van der Waals surface area (Å²) in [5, 5.41) is 0.543. The van der Waals surface area contributed by atoms with Crippen LogP contribution in [0.25, 0.3) is 11.0 Å². The standard InChI is InChI=1S/C21H21N3O4/c1-12-2-4-14-10-22-19-18(15(14)8-12)20(25)23-21(26)24(19)11-13-3-5-16-17(9-13)28-7-6-27-16/h3,5,9-10,12H,2,4,6-8,11H2,1H3,(H,23,25,26). The predicted octanol–water partition coefficient (Wildman–Crippen LogP) is 2.03. The van der Waals surface area contributed by atoms with Crippen molar-refractivity contribution in [3.8, 4) is 11.5 Å². The fraction of sp³-hybridized carbons (Fsp3) is 0.381. The molecule has 1 aromatic carbocycles. The molecule has 0 radical (unpaired) electrons. The van der Waals surface area contributed by atoms with E-state index in [9.17, 15) is 9.59 Å². The van der Waals surface area contributed by atoms with E-state index in [0.29, 0.717) is 48.2 Å². The van der Waals surface area contributed by atoms with Crippen molar-refractivity contribution in [3.05, 3.63) is 61.9 Å². The second-order valence-corrected chi connectivity index (χ2v) is 7.63. The van der Waals surface area contributed by atoms with Crippen molar-refractivity contribution >= 4 is 11.0 Å². The average Bonchev–Trinajstić information content (AvgIpc) is 2.70. The Balaban J connectivity index is 1.65. The van der Waals surface area contributed by atoms with Crippen LogP contribution in [0.5, 0.6) is 11.5 Å². The molecule has 0 saturated heterocycles. The lowest BCUT2D eigenvalue weighted by Gasteiger charge is -2.23. The summed E-state index contributed by atoms with van der Waals surface area (Å²) in [6, 6.07) is 5.62. The Bertz CT molecular complexity index is 1190. The smallest absolute Gasteiger partial charge is 0.330 e. The number of nitrogens with zero attached hydrogens (tertiary/aromatic N) is 2. The molecule has 1 aliphatic carbocycles. The zero-order chi connectivity index (χ0) is 19.3. The maximum absolute atomic E-state index is 12.6. The van der Waals surface area contributed by atoms with Crippen LogP contribution in [0.2, 0.25) is 0 Å². The molecule has 2 aromatic heterocycles. The number of nitrogens with one attached hydrogen (secondary N) is 1. The third kappa shape index (κ3) is 2.78. The molecule has 0 amide bonds. The van der Waals surface area contributed by atoms with Gasteiger partial charge in [0.1, 0.15) is 18.9 Å². The number of rotatable bonds is 2. The van der Waals surface area contributed by atoms with E-state index in [1.54, 1.807) is 0 Å². The molecule has 0 bridgehead atoms. The minimum absolute atomic E-state index is 0.296. The van der Waals surface area contributed by atoms with E-state index in [2.05, 4.69) is 16.9 Å². The molecule has 0 saturated carbocycles. The van der Waals surface area contributed by atoms with Crippen molar-refractivity contribution < 1.29 is 9.47 Å². The van der Waals surface area contributed by atoms with E-state index < -0.39 is 5.69 Å². The van der Waals surface area contributed by atoms with Crippen LogP contribution in [0.1, 0.15) is 30.0 Å². The Morgan fingerprint density at radius 1 is 1.21 bits per heavy atom. The Morgan fingerprint density at radius 3 is 2.89 bits per heavy atom. The zero-order valence-corrected chi connectivity index (χ0v) is 15.7. The summed E-state index contributed by atoms with van der Waals surface area (Å²) in [4.78, 5) is 32.2. The molecule has 1 N–H and O–H groups in total. The summed E-state index contributed by atoms with van der Waals surface area (Å²) < 4.78 is 12.7. The number of aromatic nitrogens is 3. The van der Waals surface area contributed by atoms with E-state index in [0.717, 1.165) is 36.0 Å². The van der Waals surface area contributed by atoms with Gasteiger partial charge in [0.2, 0.25) is 0 Å². The van der Waals surface area contributed by atoms with E-state index in [4.69, 9.17) is 9.47 Å². The highest BCUT2D eigenvalue weighted by Gasteiger charge is 2.22. The van der Waals surface area contributed by atoms with Crippen LogP contribution in [0.3, 0.4) is 0 Å². The van der Waals surface area contributed by atoms with Gasteiger partial charge < -0.3 is 9.47 Å². The maximum Gasteiger partial charge on any atom is 0.330 e. The molecule has 1 atom stereocenters. The number of ether oxygens (including phenoxy) is 2. The van der Waals surface area contributed by atoms with Gasteiger partial charge in [0.15, 0.2) is 11.5 Å². The van der Waals surface area contributed by atoms with Crippen molar-refractivity contribution in [1.82, 2.24) is 14.5 Å². The van der Waals surface area contributed by atoms with Gasteiger partial charge in [0.25, 0.3) is 5.56 Å². The first-order valence-electron chi connectivity index (χ1n) is 9.62. The highest BCUT2D eigenvalue weighted by atomic mass is 16.6. The number of benzene rings is 1. The van der Waals surface area contributed by atoms with Gasteiger partial charge in [-0.2, -0.15) is 0 Å². The predicted molar refractivity (Wildman–Crippen MR) is 104 cm³/mol. The quantitative estimate of drug-likeness (QED) is 0.736. The van der Waals surface area contributed by atoms with Crippen LogP contribution in [0.15, 0.2) is 34.0 Å². The number of aryl methyl sites for hydroxylation is 1. The largest absolute Gasteiger partial charge is 0.486 e. The molecule has 0 spiro atoms. The second-order valence-electron chi connectivity index (χ2n) is 7.63. The number of pyridine rings is 1. The third-order valence-electron chi connectivity index (χ3n) is 5.61. The third-order valence-corrected chi connectivity index (χ3v) is 5.61. The first-order chi connectivity index (χ1) is 13.6. The second kappa shape index (κ2) is 6.51. The van der Waals surface area contributed by atoms with Gasteiger partial charge in [0, 0.05) is 6.20 Å². The van der Waals surface area contributed by atoms with Gasteiger partial charge in [-0.25, -0.2) is 9.78 Å². The fourth-order valence-electron chi connectivity index (χ4n) is 4.16. The maximum atomic E-state index is 12.6. The molecular formula is C21H21N3O4. The van der Waals surface area contributed by atoms with Crippen LogP contribution in [-0.4, -0.2) is 27.7 Å². The molecule has 2 aliphatic rings. The highest BCUT2D eigenvalue weighted by Crippen LogP contribution is 2.31. The van der Waals surface area contributed by atoms with E-state index in [1.165, 1.54) is 4.57 Å². The summed E-state index contributed by atoms with van der Waals surface area (Å²) in [7, 11) is 0. The van der Waals surface area contributed by atoms with Gasteiger partial charge in [0.05, 0.1) is 11.9 Å². The summed E-state index contributed by atoms with van der Waals surface area (Å²) in [5.41, 5.74) is 2.66. The molecule has 3 aromatic rings. The Kier molecular flexibility index (Phi) is 3.96. The molecule has 3 heterocycles. The minimum atomic E-state index is -0.455. The zero-order valence-electron chi connectivity index (χ0n) is 15.7. The van der Waals surface area contributed by atoms with Gasteiger partial charge in [-0.15, -0.1) is 0 Å². The number of hydrogen-bond donors (Lipinski definition) is 1. The number of hydrogen-bond acceptors (Lipinski definition) is 5. The number of H-pyrrole nitrogens is 1. The van der Waals surface area contributed by atoms with Gasteiger partial charge in [-0.05, 0) is 54.0 Å². The Morgan fingerprint density at radius 2 is 2.04 bits per heavy atom. The monoisotopic (exact) mass is 379 g/mol.